The molecule has 0 spiro atoms. The summed E-state index contributed by atoms with van der Waals surface area (Å²) in [5, 5.41) is 3.63. The molecular weight excluding hydrogens is 236 g/mol. The van der Waals surface area contributed by atoms with E-state index in [1.54, 1.807) is 0 Å². The molecule has 1 N–H and O–H groups in total. The summed E-state index contributed by atoms with van der Waals surface area (Å²) in [4.78, 5) is 13.8. The summed E-state index contributed by atoms with van der Waals surface area (Å²) >= 11 is 5.68. The van der Waals surface area contributed by atoms with Gasteiger partial charge in [0, 0.05) is 23.7 Å². The first-order valence-electron chi connectivity index (χ1n) is 6.35. The molecule has 1 rings (SSSR count). The SMILES string of the molecule is CCN(C(=O)CCl)C1CC(C)(C)NC(C)(C)C1. The molecule has 1 aliphatic heterocycles. The Kier molecular flexibility index (Phi) is 4.48. The molecule has 0 aliphatic carbocycles. The van der Waals surface area contributed by atoms with Crippen LogP contribution in [0.3, 0.4) is 0 Å². The van der Waals surface area contributed by atoms with E-state index in [9.17, 15) is 4.79 Å². The number of piperidine rings is 1. The molecule has 0 aromatic heterocycles. The Hall–Kier alpha value is -0.280. The Morgan fingerprint density at radius 1 is 1.29 bits per heavy atom. The normalized spacial score (nSPS) is 23.4. The maximum absolute atomic E-state index is 11.8. The molecule has 0 saturated carbocycles. The van der Waals surface area contributed by atoms with Gasteiger partial charge in [-0.05, 0) is 47.5 Å². The maximum Gasteiger partial charge on any atom is 0.237 e. The molecule has 0 radical (unpaired) electrons. The minimum absolute atomic E-state index is 0.0488. The third kappa shape index (κ3) is 3.85. The van der Waals surface area contributed by atoms with Crippen LogP contribution in [0.4, 0.5) is 0 Å². The van der Waals surface area contributed by atoms with Crippen LogP contribution in [0.1, 0.15) is 47.5 Å². The number of carbonyl (C=O) groups excluding carboxylic acids is 1. The van der Waals surface area contributed by atoms with Crippen LogP contribution in [-0.2, 0) is 4.79 Å². The van der Waals surface area contributed by atoms with Crippen LogP contribution in [0, 0.1) is 0 Å². The van der Waals surface area contributed by atoms with Crippen molar-refractivity contribution in [1.29, 1.82) is 0 Å². The zero-order valence-electron chi connectivity index (χ0n) is 11.6. The first-order chi connectivity index (χ1) is 7.71. The highest BCUT2D eigenvalue weighted by molar-refractivity contribution is 6.27. The number of amides is 1. The van der Waals surface area contributed by atoms with Gasteiger partial charge in [0.2, 0.25) is 5.91 Å². The van der Waals surface area contributed by atoms with Crippen LogP contribution in [0.2, 0.25) is 0 Å². The summed E-state index contributed by atoms with van der Waals surface area (Å²) in [6, 6.07) is 0.289. The standard InChI is InChI=1S/C13H25ClN2O/c1-6-16(11(17)9-14)10-7-12(2,3)15-13(4,5)8-10/h10,15H,6-9H2,1-5H3. The molecule has 1 saturated heterocycles. The summed E-state index contributed by atoms with van der Waals surface area (Å²) in [7, 11) is 0. The van der Waals surface area contributed by atoms with E-state index in [0.29, 0.717) is 0 Å². The second-order valence-electron chi connectivity index (χ2n) is 6.27. The number of carbonyl (C=O) groups is 1. The number of hydrogen-bond donors (Lipinski definition) is 1. The Morgan fingerprint density at radius 3 is 2.12 bits per heavy atom. The second kappa shape index (κ2) is 5.15. The Morgan fingerprint density at radius 2 is 1.76 bits per heavy atom. The average Bonchev–Trinajstić information content (AvgIpc) is 2.13. The Balaban J connectivity index is 2.85. The van der Waals surface area contributed by atoms with Gasteiger partial charge in [-0.1, -0.05) is 0 Å². The zero-order chi connectivity index (χ0) is 13.3. The highest BCUT2D eigenvalue weighted by atomic mass is 35.5. The topological polar surface area (TPSA) is 32.3 Å². The van der Waals surface area contributed by atoms with Crippen LogP contribution in [0.5, 0.6) is 0 Å². The predicted molar refractivity (Wildman–Crippen MR) is 72.4 cm³/mol. The van der Waals surface area contributed by atoms with Crippen molar-refractivity contribution >= 4 is 17.5 Å². The van der Waals surface area contributed by atoms with E-state index in [0.717, 1.165) is 19.4 Å². The first kappa shape index (κ1) is 14.8. The van der Waals surface area contributed by atoms with Crippen molar-refractivity contribution in [1.82, 2.24) is 10.2 Å². The second-order valence-corrected chi connectivity index (χ2v) is 6.54. The predicted octanol–water partition coefficient (Wildman–Crippen LogP) is 2.38. The van der Waals surface area contributed by atoms with Crippen LogP contribution in [-0.4, -0.2) is 40.4 Å². The van der Waals surface area contributed by atoms with E-state index < -0.39 is 0 Å². The molecule has 0 aromatic rings. The summed E-state index contributed by atoms with van der Waals surface area (Å²) in [6.07, 6.45) is 1.96. The van der Waals surface area contributed by atoms with Gasteiger partial charge in [-0.15, -0.1) is 11.6 Å². The van der Waals surface area contributed by atoms with Crippen LogP contribution < -0.4 is 5.32 Å². The van der Waals surface area contributed by atoms with Crippen molar-refractivity contribution in [2.24, 2.45) is 0 Å². The van der Waals surface area contributed by atoms with Gasteiger partial charge >= 0.3 is 0 Å². The lowest BCUT2D eigenvalue weighted by Crippen LogP contribution is -2.62. The number of hydrogen-bond acceptors (Lipinski definition) is 2. The van der Waals surface area contributed by atoms with E-state index >= 15 is 0 Å². The summed E-state index contributed by atoms with van der Waals surface area (Å²) in [5.74, 6) is 0.131. The molecule has 1 amide bonds. The fourth-order valence-corrected chi connectivity index (χ4v) is 3.36. The number of rotatable bonds is 3. The third-order valence-electron chi connectivity index (χ3n) is 3.38. The molecule has 1 fully saturated rings. The monoisotopic (exact) mass is 260 g/mol. The van der Waals surface area contributed by atoms with Gasteiger partial charge in [0.05, 0.1) is 0 Å². The number of nitrogens with one attached hydrogen (secondary N) is 1. The van der Waals surface area contributed by atoms with Gasteiger partial charge in [-0.25, -0.2) is 0 Å². The van der Waals surface area contributed by atoms with Crippen LogP contribution >= 0.6 is 11.6 Å². The summed E-state index contributed by atoms with van der Waals surface area (Å²) in [6.45, 7) is 11.5. The summed E-state index contributed by atoms with van der Waals surface area (Å²) < 4.78 is 0. The fraction of sp³-hybridized carbons (Fsp3) is 0.923. The molecule has 4 heteroatoms. The number of alkyl halides is 1. The smallest absolute Gasteiger partial charge is 0.237 e. The molecule has 0 bridgehead atoms. The highest BCUT2D eigenvalue weighted by Crippen LogP contribution is 2.31. The van der Waals surface area contributed by atoms with E-state index in [2.05, 4.69) is 33.0 Å². The molecule has 1 heterocycles. The van der Waals surface area contributed by atoms with Gasteiger partial charge in [-0.3, -0.25) is 4.79 Å². The Labute approximate surface area is 110 Å². The van der Waals surface area contributed by atoms with Crippen molar-refractivity contribution in [2.45, 2.75) is 64.6 Å². The number of halogens is 1. The molecule has 1 aliphatic rings. The third-order valence-corrected chi connectivity index (χ3v) is 3.61. The molecule has 0 unspecified atom stereocenters. The van der Waals surface area contributed by atoms with Crippen molar-refractivity contribution in [3.8, 4) is 0 Å². The average molecular weight is 261 g/mol. The van der Waals surface area contributed by atoms with E-state index in [-0.39, 0.29) is 28.9 Å². The lowest BCUT2D eigenvalue weighted by molar-refractivity contribution is -0.132. The zero-order valence-corrected chi connectivity index (χ0v) is 12.4. The van der Waals surface area contributed by atoms with E-state index in [4.69, 9.17) is 11.6 Å². The molecule has 0 aromatic carbocycles. The fourth-order valence-electron chi connectivity index (χ4n) is 3.20. The van der Waals surface area contributed by atoms with Gasteiger partial charge in [-0.2, -0.15) is 0 Å². The summed E-state index contributed by atoms with van der Waals surface area (Å²) in [5.41, 5.74) is 0.124. The largest absolute Gasteiger partial charge is 0.339 e. The molecule has 0 atom stereocenters. The molecule has 3 nitrogen and oxygen atoms in total. The van der Waals surface area contributed by atoms with E-state index in [1.807, 2.05) is 11.8 Å². The van der Waals surface area contributed by atoms with Gasteiger partial charge in [0.25, 0.3) is 0 Å². The van der Waals surface area contributed by atoms with Gasteiger partial charge in [0.1, 0.15) is 5.88 Å². The highest BCUT2D eigenvalue weighted by Gasteiger charge is 2.40. The van der Waals surface area contributed by atoms with Crippen molar-refractivity contribution in [3.05, 3.63) is 0 Å². The maximum atomic E-state index is 11.8. The van der Waals surface area contributed by atoms with Crippen molar-refractivity contribution in [3.63, 3.8) is 0 Å². The molecule has 100 valence electrons. The molecule has 17 heavy (non-hydrogen) atoms. The van der Waals surface area contributed by atoms with Crippen molar-refractivity contribution in [2.75, 3.05) is 12.4 Å². The first-order valence-corrected chi connectivity index (χ1v) is 6.89. The van der Waals surface area contributed by atoms with Gasteiger partial charge < -0.3 is 10.2 Å². The minimum Gasteiger partial charge on any atom is -0.339 e. The lowest BCUT2D eigenvalue weighted by atomic mass is 9.79. The molecular formula is C13H25ClN2O. The van der Waals surface area contributed by atoms with E-state index in [1.165, 1.54) is 0 Å². The number of nitrogens with zero attached hydrogens (tertiary/aromatic N) is 1. The van der Waals surface area contributed by atoms with Crippen LogP contribution in [0.25, 0.3) is 0 Å². The van der Waals surface area contributed by atoms with Crippen molar-refractivity contribution < 1.29 is 4.79 Å². The quantitative estimate of drug-likeness (QED) is 0.791. The van der Waals surface area contributed by atoms with Gasteiger partial charge in [0.15, 0.2) is 0 Å². The van der Waals surface area contributed by atoms with Crippen LogP contribution in [0.15, 0.2) is 0 Å². The minimum atomic E-state index is 0.0488. The Bertz CT molecular complexity index is 273. The lowest BCUT2D eigenvalue weighted by Gasteiger charge is -2.49.